The molecular weight excluding hydrogens is 338 g/mol. The lowest BCUT2D eigenvalue weighted by Crippen LogP contribution is -2.36. The number of esters is 1. The van der Waals surface area contributed by atoms with Gasteiger partial charge in [-0.1, -0.05) is 30.7 Å². The zero-order valence-electron chi connectivity index (χ0n) is 14.1. The van der Waals surface area contributed by atoms with E-state index in [1.165, 1.54) is 10.4 Å². The number of para-hydroxylation sites is 1. The van der Waals surface area contributed by atoms with Crippen molar-refractivity contribution in [1.82, 2.24) is 4.31 Å². The van der Waals surface area contributed by atoms with E-state index in [0.29, 0.717) is 24.4 Å². The maximum Gasteiger partial charge on any atom is 0.343 e. The zero-order chi connectivity index (χ0) is 17.9. The normalized spacial score (nSPS) is 15.7. The molecule has 1 aliphatic rings. The van der Waals surface area contributed by atoms with Gasteiger partial charge in [0.2, 0.25) is 10.0 Å². The molecule has 1 heterocycles. The Morgan fingerprint density at radius 1 is 1.00 bits per heavy atom. The molecule has 1 saturated heterocycles. The van der Waals surface area contributed by atoms with Crippen molar-refractivity contribution in [2.24, 2.45) is 0 Å². The Morgan fingerprint density at radius 3 is 2.36 bits per heavy atom. The third-order valence-electron chi connectivity index (χ3n) is 4.31. The van der Waals surface area contributed by atoms with Crippen molar-refractivity contribution in [1.29, 1.82) is 0 Å². The van der Waals surface area contributed by atoms with Crippen LogP contribution >= 0.6 is 0 Å². The maximum absolute atomic E-state index is 12.9. The van der Waals surface area contributed by atoms with Gasteiger partial charge in [0.05, 0.1) is 10.5 Å². The molecule has 0 aromatic heterocycles. The quantitative estimate of drug-likeness (QED) is 0.620. The first-order valence-electron chi connectivity index (χ1n) is 8.36. The summed E-state index contributed by atoms with van der Waals surface area (Å²) in [6.07, 6.45) is 2.79. The summed E-state index contributed by atoms with van der Waals surface area (Å²) in [4.78, 5) is 12.5. The fourth-order valence-corrected chi connectivity index (χ4v) is 4.67. The van der Waals surface area contributed by atoms with Crippen LogP contribution in [0.15, 0.2) is 53.4 Å². The summed E-state index contributed by atoms with van der Waals surface area (Å²) in [5, 5.41) is 0. The van der Waals surface area contributed by atoms with Gasteiger partial charge in [-0.3, -0.25) is 0 Å². The monoisotopic (exact) mass is 359 g/mol. The molecular formula is C19H21NO4S. The van der Waals surface area contributed by atoms with Crippen molar-refractivity contribution in [3.8, 4) is 5.75 Å². The lowest BCUT2D eigenvalue weighted by atomic mass is 10.1. The third kappa shape index (κ3) is 3.91. The summed E-state index contributed by atoms with van der Waals surface area (Å²) in [5.74, 6) is -0.144. The van der Waals surface area contributed by atoms with Gasteiger partial charge in [0.25, 0.3) is 0 Å². The molecule has 1 aliphatic heterocycles. The van der Waals surface area contributed by atoms with Crippen LogP contribution in [0.2, 0.25) is 0 Å². The molecule has 1 fully saturated rings. The van der Waals surface area contributed by atoms with Gasteiger partial charge in [-0.05, 0) is 49.6 Å². The molecule has 0 spiro atoms. The molecule has 0 unspecified atom stereocenters. The molecule has 3 rings (SSSR count). The Bertz CT molecular complexity index is 856. The number of aryl methyl sites for hydroxylation is 1. The van der Waals surface area contributed by atoms with Gasteiger partial charge < -0.3 is 4.74 Å². The summed E-state index contributed by atoms with van der Waals surface area (Å²) < 4.78 is 32.6. The van der Waals surface area contributed by atoms with Crippen LogP contribution in [0.3, 0.4) is 0 Å². The number of hydrogen-bond acceptors (Lipinski definition) is 4. The fraction of sp³-hybridized carbons (Fsp3) is 0.316. The summed E-state index contributed by atoms with van der Waals surface area (Å²) in [6.45, 7) is 2.80. The molecule has 25 heavy (non-hydrogen) atoms. The van der Waals surface area contributed by atoms with Crippen molar-refractivity contribution in [3.05, 3.63) is 59.7 Å². The first kappa shape index (κ1) is 17.6. The van der Waals surface area contributed by atoms with Crippen molar-refractivity contribution >= 4 is 16.0 Å². The Labute approximate surface area is 148 Å². The molecule has 0 aliphatic carbocycles. The van der Waals surface area contributed by atoms with Crippen LogP contribution in [0.25, 0.3) is 0 Å². The molecule has 0 atom stereocenters. The summed E-state index contributed by atoms with van der Waals surface area (Å²) in [5.41, 5.74) is 0.854. The highest BCUT2D eigenvalue weighted by Crippen LogP contribution is 2.25. The number of hydrogen-bond donors (Lipinski definition) is 0. The fourth-order valence-electron chi connectivity index (χ4n) is 2.90. The highest BCUT2D eigenvalue weighted by Gasteiger charge is 2.28. The third-order valence-corrected chi connectivity index (χ3v) is 6.35. The highest BCUT2D eigenvalue weighted by atomic mass is 32.2. The number of ether oxygens (including phenoxy) is 1. The molecule has 132 valence electrons. The Hall–Kier alpha value is -2.18. The van der Waals surface area contributed by atoms with Gasteiger partial charge in [0.1, 0.15) is 5.75 Å². The van der Waals surface area contributed by atoms with Crippen molar-refractivity contribution in [2.75, 3.05) is 13.1 Å². The molecule has 2 aromatic rings. The molecule has 2 aromatic carbocycles. The SMILES string of the molecule is Cc1ccc(C(=O)Oc2ccccc2)cc1S(=O)(=O)N1CCCCC1. The van der Waals surface area contributed by atoms with Crippen molar-refractivity contribution in [3.63, 3.8) is 0 Å². The van der Waals surface area contributed by atoms with E-state index in [1.807, 2.05) is 6.07 Å². The van der Waals surface area contributed by atoms with Gasteiger partial charge in [0, 0.05) is 13.1 Å². The molecule has 6 heteroatoms. The lowest BCUT2D eigenvalue weighted by molar-refractivity contribution is 0.0734. The minimum absolute atomic E-state index is 0.178. The predicted octanol–water partition coefficient (Wildman–Crippen LogP) is 3.39. The van der Waals surface area contributed by atoms with Gasteiger partial charge in [-0.2, -0.15) is 4.31 Å². The number of piperidine rings is 1. The van der Waals surface area contributed by atoms with E-state index in [-0.39, 0.29) is 10.5 Å². The van der Waals surface area contributed by atoms with E-state index in [4.69, 9.17) is 4.74 Å². The molecule has 0 bridgehead atoms. The highest BCUT2D eigenvalue weighted by molar-refractivity contribution is 7.89. The van der Waals surface area contributed by atoms with E-state index in [2.05, 4.69) is 0 Å². The minimum atomic E-state index is -3.60. The van der Waals surface area contributed by atoms with Crippen LogP contribution in [0.5, 0.6) is 5.75 Å². The first-order valence-corrected chi connectivity index (χ1v) is 9.80. The number of carbonyl (C=O) groups excluding carboxylic acids is 1. The number of nitrogens with zero attached hydrogens (tertiary/aromatic N) is 1. The summed E-state index contributed by atoms with van der Waals surface area (Å²) in [6, 6.07) is 13.4. The molecule has 5 nitrogen and oxygen atoms in total. The minimum Gasteiger partial charge on any atom is -0.423 e. The maximum atomic E-state index is 12.9. The molecule has 0 amide bonds. The summed E-state index contributed by atoms with van der Waals surface area (Å²) in [7, 11) is -3.60. The van der Waals surface area contributed by atoms with E-state index in [9.17, 15) is 13.2 Å². The van der Waals surface area contributed by atoms with Crippen LogP contribution in [-0.4, -0.2) is 31.8 Å². The zero-order valence-corrected chi connectivity index (χ0v) is 15.0. The standard InChI is InChI=1S/C19H21NO4S/c1-15-10-11-16(19(21)24-17-8-4-2-5-9-17)14-18(15)25(22,23)20-12-6-3-7-13-20/h2,4-5,8-11,14H,3,6-7,12-13H2,1H3. The largest absolute Gasteiger partial charge is 0.423 e. The van der Waals surface area contributed by atoms with E-state index in [1.54, 1.807) is 43.3 Å². The number of rotatable bonds is 4. The van der Waals surface area contributed by atoms with E-state index < -0.39 is 16.0 Å². The second kappa shape index (κ2) is 7.37. The van der Waals surface area contributed by atoms with Crippen LogP contribution in [0, 0.1) is 6.92 Å². The van der Waals surface area contributed by atoms with Crippen LogP contribution < -0.4 is 4.74 Å². The number of benzene rings is 2. The van der Waals surface area contributed by atoms with Gasteiger partial charge in [-0.25, -0.2) is 13.2 Å². The average Bonchev–Trinajstić information content (AvgIpc) is 2.63. The number of sulfonamides is 1. The predicted molar refractivity (Wildman–Crippen MR) is 95.2 cm³/mol. The topological polar surface area (TPSA) is 63.7 Å². The van der Waals surface area contributed by atoms with E-state index >= 15 is 0 Å². The first-order chi connectivity index (χ1) is 12.0. The Kier molecular flexibility index (Phi) is 5.20. The molecule has 0 radical (unpaired) electrons. The molecule has 0 N–H and O–H groups in total. The second-order valence-electron chi connectivity index (χ2n) is 6.15. The van der Waals surface area contributed by atoms with Crippen LogP contribution in [-0.2, 0) is 10.0 Å². The average molecular weight is 359 g/mol. The second-order valence-corrected chi connectivity index (χ2v) is 8.05. The van der Waals surface area contributed by atoms with Gasteiger partial charge in [0.15, 0.2) is 0 Å². The number of carbonyl (C=O) groups is 1. The summed E-state index contributed by atoms with van der Waals surface area (Å²) >= 11 is 0. The Balaban J connectivity index is 1.88. The van der Waals surface area contributed by atoms with Crippen molar-refractivity contribution in [2.45, 2.75) is 31.1 Å². The Morgan fingerprint density at radius 2 is 1.68 bits per heavy atom. The van der Waals surface area contributed by atoms with Crippen LogP contribution in [0.1, 0.15) is 35.2 Å². The van der Waals surface area contributed by atoms with Crippen molar-refractivity contribution < 1.29 is 17.9 Å². The van der Waals surface area contributed by atoms with E-state index in [0.717, 1.165) is 19.3 Å². The van der Waals surface area contributed by atoms with Gasteiger partial charge >= 0.3 is 5.97 Å². The smallest absolute Gasteiger partial charge is 0.343 e. The van der Waals surface area contributed by atoms with Crippen LogP contribution in [0.4, 0.5) is 0 Å². The van der Waals surface area contributed by atoms with Gasteiger partial charge in [-0.15, -0.1) is 0 Å². The lowest BCUT2D eigenvalue weighted by Gasteiger charge is -2.26. The molecule has 0 saturated carbocycles.